The van der Waals surface area contributed by atoms with Gasteiger partial charge >= 0.3 is 13.1 Å². The molecule has 0 aromatic rings. The molecule has 0 aromatic heterocycles. The lowest BCUT2D eigenvalue weighted by Gasteiger charge is -2.40. The highest BCUT2D eigenvalue weighted by Crippen LogP contribution is 2.45. The van der Waals surface area contributed by atoms with Crippen molar-refractivity contribution in [3.63, 3.8) is 0 Å². The van der Waals surface area contributed by atoms with Gasteiger partial charge in [-0.15, -0.1) is 0 Å². The van der Waals surface area contributed by atoms with Crippen molar-refractivity contribution in [1.82, 2.24) is 0 Å². The van der Waals surface area contributed by atoms with Gasteiger partial charge in [0.25, 0.3) is 0 Å². The third kappa shape index (κ3) is 2.75. The molecule has 0 aromatic carbocycles. The van der Waals surface area contributed by atoms with Crippen molar-refractivity contribution in [2.45, 2.75) is 38.4 Å². The fourth-order valence-electron chi connectivity index (χ4n) is 2.68. The van der Waals surface area contributed by atoms with Crippen LogP contribution in [0.1, 0.15) is 32.1 Å². The summed E-state index contributed by atoms with van der Waals surface area (Å²) in [6.07, 6.45) is 3.23. The highest BCUT2D eigenvalue weighted by Gasteiger charge is 2.46. The quantitative estimate of drug-likeness (QED) is 0.502. The van der Waals surface area contributed by atoms with Crippen LogP contribution in [0.25, 0.3) is 0 Å². The van der Waals surface area contributed by atoms with Gasteiger partial charge < -0.3 is 20.3 Å². The predicted octanol–water partition coefficient (Wildman–Crippen LogP) is 0.103. The van der Waals surface area contributed by atoms with Crippen molar-refractivity contribution in [2.75, 3.05) is 6.61 Å². The van der Waals surface area contributed by atoms with Crippen LogP contribution in [0, 0.1) is 11.3 Å². The summed E-state index contributed by atoms with van der Waals surface area (Å²) in [6.45, 7) is -0.145. The molecule has 0 saturated heterocycles. The fraction of sp³-hybridized carbons (Fsp3) is 0.900. The maximum absolute atomic E-state index is 11.4. The maximum atomic E-state index is 11.4. The zero-order chi connectivity index (χ0) is 12.2. The molecule has 0 bridgehead atoms. The second-order valence-electron chi connectivity index (χ2n) is 4.61. The van der Waals surface area contributed by atoms with E-state index in [1.807, 2.05) is 0 Å². The Morgan fingerprint density at radius 2 is 2.06 bits per heavy atom. The van der Waals surface area contributed by atoms with Crippen LogP contribution >= 0.6 is 0 Å². The van der Waals surface area contributed by atoms with Crippen molar-refractivity contribution in [1.29, 1.82) is 0 Å². The van der Waals surface area contributed by atoms with E-state index in [-0.39, 0.29) is 25.3 Å². The average Bonchev–Trinajstić information content (AvgIpc) is 2.26. The van der Waals surface area contributed by atoms with E-state index in [2.05, 4.69) is 0 Å². The van der Waals surface area contributed by atoms with E-state index >= 15 is 0 Å². The Labute approximate surface area is 95.2 Å². The Bertz CT molecular complexity index is 245. The molecule has 1 rings (SSSR count). The van der Waals surface area contributed by atoms with Crippen molar-refractivity contribution in [2.24, 2.45) is 11.3 Å². The number of hydrogen-bond acceptors (Lipinski definition) is 4. The molecule has 6 heteroatoms. The largest absolute Gasteiger partial charge is 0.481 e. The second-order valence-corrected chi connectivity index (χ2v) is 4.61. The Morgan fingerprint density at radius 1 is 1.38 bits per heavy atom. The number of carbonyl (C=O) groups is 1. The van der Waals surface area contributed by atoms with Crippen LogP contribution in [0.5, 0.6) is 0 Å². The van der Waals surface area contributed by atoms with Crippen LogP contribution in [0.4, 0.5) is 0 Å². The van der Waals surface area contributed by atoms with Gasteiger partial charge in [0.2, 0.25) is 0 Å². The Balaban J connectivity index is 2.79. The summed E-state index contributed by atoms with van der Waals surface area (Å²) in [7, 11) is -1.47. The molecule has 1 aliphatic rings. The number of hydrogen-bond donors (Lipinski definition) is 4. The molecule has 92 valence electrons. The first-order valence-corrected chi connectivity index (χ1v) is 5.73. The van der Waals surface area contributed by atoms with E-state index < -0.39 is 18.5 Å². The third-order valence-electron chi connectivity index (χ3n) is 3.70. The number of aliphatic hydroxyl groups is 1. The van der Waals surface area contributed by atoms with Crippen LogP contribution in [-0.4, -0.2) is 40.0 Å². The number of carboxylic acids is 1. The minimum atomic E-state index is -1.47. The van der Waals surface area contributed by atoms with Gasteiger partial charge in [-0.3, -0.25) is 4.79 Å². The van der Waals surface area contributed by atoms with Gasteiger partial charge in [0.15, 0.2) is 0 Å². The summed E-state index contributed by atoms with van der Waals surface area (Å²) in [5.41, 5.74) is -0.975. The number of rotatable bonds is 5. The molecule has 0 heterocycles. The predicted molar refractivity (Wildman–Crippen MR) is 58.7 cm³/mol. The third-order valence-corrected chi connectivity index (χ3v) is 3.70. The lowest BCUT2D eigenvalue weighted by Crippen LogP contribution is -2.43. The zero-order valence-corrected chi connectivity index (χ0v) is 9.30. The van der Waals surface area contributed by atoms with Crippen molar-refractivity contribution < 1.29 is 25.1 Å². The van der Waals surface area contributed by atoms with Crippen molar-refractivity contribution in [3.05, 3.63) is 0 Å². The Hall–Kier alpha value is -0.585. The summed E-state index contributed by atoms with van der Waals surface area (Å²) < 4.78 is 0. The first-order valence-electron chi connectivity index (χ1n) is 5.73. The van der Waals surface area contributed by atoms with Gasteiger partial charge in [0.1, 0.15) is 0 Å². The second kappa shape index (κ2) is 5.66. The highest BCUT2D eigenvalue weighted by molar-refractivity contribution is 6.41. The molecule has 0 spiro atoms. The standard InChI is InChI=1S/C10H19BO5/c12-7-8-3-1-2-4-10(8,9(13)14)5-6-11(15)16/h8,12,15-16H,1-7H2,(H,13,14). The van der Waals surface area contributed by atoms with E-state index in [1.54, 1.807) is 0 Å². The van der Waals surface area contributed by atoms with Gasteiger partial charge in [0, 0.05) is 6.61 Å². The van der Waals surface area contributed by atoms with E-state index in [1.165, 1.54) is 0 Å². The van der Waals surface area contributed by atoms with Crippen molar-refractivity contribution >= 4 is 13.1 Å². The summed E-state index contributed by atoms with van der Waals surface area (Å²) >= 11 is 0. The lowest BCUT2D eigenvalue weighted by molar-refractivity contribution is -0.157. The van der Waals surface area contributed by atoms with Crippen LogP contribution in [0.2, 0.25) is 6.32 Å². The van der Waals surface area contributed by atoms with E-state index in [9.17, 15) is 15.0 Å². The molecule has 0 aliphatic heterocycles. The summed E-state index contributed by atoms with van der Waals surface area (Å²) in [5.74, 6) is -1.19. The maximum Gasteiger partial charge on any atom is 0.451 e. The van der Waals surface area contributed by atoms with E-state index in [4.69, 9.17) is 10.0 Å². The topological polar surface area (TPSA) is 98.0 Å². The average molecular weight is 230 g/mol. The van der Waals surface area contributed by atoms with Gasteiger partial charge in [-0.05, 0) is 31.5 Å². The molecule has 1 fully saturated rings. The highest BCUT2D eigenvalue weighted by atomic mass is 16.4. The first kappa shape index (κ1) is 13.5. The van der Waals surface area contributed by atoms with Crippen LogP contribution in [0.15, 0.2) is 0 Å². The molecule has 1 saturated carbocycles. The molecule has 2 atom stereocenters. The fourth-order valence-corrected chi connectivity index (χ4v) is 2.68. The van der Waals surface area contributed by atoms with E-state index in [0.29, 0.717) is 12.8 Å². The summed E-state index contributed by atoms with van der Waals surface area (Å²) in [6, 6.07) is 0. The summed E-state index contributed by atoms with van der Waals surface area (Å²) in [4.78, 5) is 11.4. The molecule has 16 heavy (non-hydrogen) atoms. The Kier molecular flexibility index (Phi) is 4.77. The molecule has 5 nitrogen and oxygen atoms in total. The zero-order valence-electron chi connectivity index (χ0n) is 9.30. The SMILES string of the molecule is O=C(O)C1(CCB(O)O)CCCCC1CO. The van der Waals surface area contributed by atoms with Gasteiger partial charge in [-0.1, -0.05) is 12.8 Å². The molecule has 2 unspecified atom stereocenters. The van der Waals surface area contributed by atoms with Crippen LogP contribution < -0.4 is 0 Å². The normalized spacial score (nSPS) is 30.1. The number of carboxylic acid groups (broad SMARTS) is 1. The van der Waals surface area contributed by atoms with E-state index in [0.717, 1.165) is 12.8 Å². The first-order chi connectivity index (χ1) is 7.53. The minimum Gasteiger partial charge on any atom is -0.481 e. The molecule has 1 aliphatic carbocycles. The lowest BCUT2D eigenvalue weighted by atomic mass is 9.61. The summed E-state index contributed by atoms with van der Waals surface area (Å²) in [5, 5.41) is 36.3. The number of aliphatic carboxylic acids is 1. The number of aliphatic hydroxyl groups excluding tert-OH is 1. The van der Waals surface area contributed by atoms with Crippen LogP contribution in [0.3, 0.4) is 0 Å². The van der Waals surface area contributed by atoms with Gasteiger partial charge in [-0.2, -0.15) is 0 Å². The van der Waals surface area contributed by atoms with Gasteiger partial charge in [0.05, 0.1) is 5.41 Å². The molecule has 4 N–H and O–H groups in total. The smallest absolute Gasteiger partial charge is 0.451 e. The van der Waals surface area contributed by atoms with Crippen LogP contribution in [-0.2, 0) is 4.79 Å². The Morgan fingerprint density at radius 3 is 2.56 bits per heavy atom. The molecular formula is C10H19BO5. The monoisotopic (exact) mass is 230 g/mol. The van der Waals surface area contributed by atoms with Gasteiger partial charge in [-0.25, -0.2) is 0 Å². The molecular weight excluding hydrogens is 211 g/mol. The molecule has 0 amide bonds. The minimum absolute atomic E-state index is 0.0444. The molecule has 0 radical (unpaired) electrons. The van der Waals surface area contributed by atoms with Crippen molar-refractivity contribution in [3.8, 4) is 0 Å².